The number of nitrogens with one attached hydrogen (secondary N) is 1. The average molecular weight is 364 g/mol. The number of hydrogen-bond acceptors (Lipinski definition) is 3. The highest BCUT2D eigenvalue weighted by Crippen LogP contribution is 2.25. The molecule has 4 nitrogen and oxygen atoms in total. The van der Waals surface area contributed by atoms with E-state index >= 15 is 0 Å². The fraction of sp³-hybridized carbons (Fsp3) is 0.200. The first-order valence-corrected chi connectivity index (χ1v) is 7.78. The van der Waals surface area contributed by atoms with E-state index in [0.717, 1.165) is 27.7 Å². The van der Waals surface area contributed by atoms with Crippen LogP contribution in [0.2, 0.25) is 0 Å². The largest absolute Gasteiger partial charge is 0.481 e. The number of methoxy groups -OCH3 is 1. The Morgan fingerprint density at radius 2 is 2.14 bits per heavy atom. The highest BCUT2D eigenvalue weighted by molar-refractivity contribution is 9.10. The molecule has 21 heavy (non-hydrogen) atoms. The van der Waals surface area contributed by atoms with Gasteiger partial charge in [-0.15, -0.1) is 0 Å². The summed E-state index contributed by atoms with van der Waals surface area (Å²) in [6, 6.07) is 9.91. The summed E-state index contributed by atoms with van der Waals surface area (Å²) in [7, 11) is 1.61. The van der Waals surface area contributed by atoms with Crippen LogP contribution in [0, 0.1) is 4.77 Å². The predicted molar refractivity (Wildman–Crippen MR) is 89.9 cm³/mol. The molecule has 6 heteroatoms. The lowest BCUT2D eigenvalue weighted by Crippen LogP contribution is -2.01. The molecule has 108 valence electrons. The Morgan fingerprint density at radius 1 is 1.33 bits per heavy atom. The van der Waals surface area contributed by atoms with Gasteiger partial charge in [0.2, 0.25) is 5.88 Å². The van der Waals surface area contributed by atoms with Crippen LogP contribution in [-0.4, -0.2) is 21.6 Å². The van der Waals surface area contributed by atoms with Gasteiger partial charge in [0.1, 0.15) is 0 Å². The van der Waals surface area contributed by atoms with E-state index in [4.69, 9.17) is 17.0 Å². The summed E-state index contributed by atoms with van der Waals surface area (Å²) in [6.45, 7) is 2.12. The van der Waals surface area contributed by atoms with Crippen molar-refractivity contribution in [3.8, 4) is 11.6 Å². The van der Waals surface area contributed by atoms with E-state index in [-0.39, 0.29) is 0 Å². The molecule has 0 atom stereocenters. The van der Waals surface area contributed by atoms with Gasteiger partial charge in [-0.1, -0.05) is 22.9 Å². The second kappa shape index (κ2) is 5.61. The van der Waals surface area contributed by atoms with Gasteiger partial charge in [0.15, 0.2) is 10.4 Å². The molecule has 0 aliphatic carbocycles. The van der Waals surface area contributed by atoms with E-state index in [9.17, 15) is 0 Å². The molecule has 0 unspecified atom stereocenters. The molecule has 0 saturated carbocycles. The molecular formula is C15H14BrN3OS. The van der Waals surface area contributed by atoms with E-state index in [2.05, 4.69) is 38.9 Å². The monoisotopic (exact) mass is 363 g/mol. The quantitative estimate of drug-likeness (QED) is 0.700. The van der Waals surface area contributed by atoms with Crippen LogP contribution in [0.4, 0.5) is 0 Å². The van der Waals surface area contributed by atoms with E-state index in [1.54, 1.807) is 7.11 Å². The number of pyridine rings is 1. The first-order valence-electron chi connectivity index (χ1n) is 6.58. The normalized spacial score (nSPS) is 11.0. The molecule has 0 aliphatic heterocycles. The second-order valence-corrected chi connectivity index (χ2v) is 5.92. The third kappa shape index (κ3) is 2.49. The topological polar surface area (TPSA) is 42.8 Å². The Kier molecular flexibility index (Phi) is 3.82. The van der Waals surface area contributed by atoms with Crippen molar-refractivity contribution < 1.29 is 4.74 Å². The van der Waals surface area contributed by atoms with Gasteiger partial charge < -0.3 is 9.72 Å². The third-order valence-corrected chi connectivity index (χ3v) is 4.16. The minimum absolute atomic E-state index is 0.570. The maximum Gasteiger partial charge on any atom is 0.215 e. The number of aromatic amines is 1. The van der Waals surface area contributed by atoms with Gasteiger partial charge in [0, 0.05) is 10.5 Å². The van der Waals surface area contributed by atoms with Crippen LogP contribution < -0.4 is 4.74 Å². The summed E-state index contributed by atoms with van der Waals surface area (Å²) in [4.78, 5) is 7.71. The molecular weight excluding hydrogens is 350 g/mol. The van der Waals surface area contributed by atoms with Crippen LogP contribution in [0.5, 0.6) is 5.88 Å². The Labute approximate surface area is 135 Å². The molecule has 3 rings (SSSR count). The Morgan fingerprint density at radius 3 is 2.86 bits per heavy atom. The van der Waals surface area contributed by atoms with Gasteiger partial charge in [-0.3, -0.25) is 4.57 Å². The number of rotatable bonds is 3. The fourth-order valence-electron chi connectivity index (χ4n) is 2.36. The van der Waals surface area contributed by atoms with Crippen molar-refractivity contribution in [2.45, 2.75) is 13.3 Å². The zero-order valence-corrected chi connectivity index (χ0v) is 14.1. The van der Waals surface area contributed by atoms with E-state index in [0.29, 0.717) is 10.7 Å². The van der Waals surface area contributed by atoms with Crippen molar-refractivity contribution in [3.05, 3.63) is 45.1 Å². The number of halogens is 1. The van der Waals surface area contributed by atoms with Crippen LogP contribution in [0.3, 0.4) is 0 Å². The number of hydrogen-bond donors (Lipinski definition) is 1. The van der Waals surface area contributed by atoms with E-state index in [1.165, 1.54) is 5.56 Å². The Hall–Kier alpha value is -1.66. The molecule has 0 radical (unpaired) electrons. The van der Waals surface area contributed by atoms with E-state index < -0.39 is 0 Å². The van der Waals surface area contributed by atoms with Crippen molar-refractivity contribution in [1.29, 1.82) is 0 Å². The summed E-state index contributed by atoms with van der Waals surface area (Å²) in [5.74, 6) is 0.570. The first kappa shape index (κ1) is 14.3. The van der Waals surface area contributed by atoms with Crippen molar-refractivity contribution in [1.82, 2.24) is 14.5 Å². The number of aromatic nitrogens is 3. The number of ether oxygens (including phenoxy) is 1. The van der Waals surface area contributed by atoms with Gasteiger partial charge in [0.25, 0.3) is 0 Å². The van der Waals surface area contributed by atoms with Crippen LogP contribution in [0.15, 0.2) is 34.8 Å². The van der Waals surface area contributed by atoms with E-state index in [1.807, 2.05) is 28.8 Å². The summed E-state index contributed by atoms with van der Waals surface area (Å²) < 4.78 is 8.86. The number of fused-ring (bicyclic) bond motifs is 1. The van der Waals surface area contributed by atoms with Crippen LogP contribution in [-0.2, 0) is 6.42 Å². The standard InChI is InChI=1S/C15H14BrN3OS/c1-3-9-8-10(16)4-6-12(9)19-14-11(17-15(19)21)5-7-13(18-14)20-2/h4-8H,3H2,1-2H3,(H,17,21). The molecule has 3 aromatic rings. The van der Waals surface area contributed by atoms with Crippen LogP contribution in [0.25, 0.3) is 16.9 Å². The lowest BCUT2D eigenvalue weighted by molar-refractivity contribution is 0.399. The molecule has 0 spiro atoms. The number of aryl methyl sites for hydroxylation is 1. The Bertz CT molecular complexity index is 869. The minimum Gasteiger partial charge on any atom is -0.481 e. The second-order valence-electron chi connectivity index (χ2n) is 4.62. The van der Waals surface area contributed by atoms with Crippen LogP contribution in [0.1, 0.15) is 12.5 Å². The number of H-pyrrole nitrogens is 1. The molecule has 2 aromatic heterocycles. The zero-order chi connectivity index (χ0) is 15.0. The van der Waals surface area contributed by atoms with Gasteiger partial charge in [-0.25, -0.2) is 0 Å². The summed E-state index contributed by atoms with van der Waals surface area (Å²) in [6.07, 6.45) is 0.910. The lowest BCUT2D eigenvalue weighted by atomic mass is 10.1. The van der Waals surface area contributed by atoms with Crippen molar-refractivity contribution in [2.75, 3.05) is 7.11 Å². The zero-order valence-electron chi connectivity index (χ0n) is 11.7. The first-order chi connectivity index (χ1) is 10.1. The Balaban J connectivity index is 2.34. The highest BCUT2D eigenvalue weighted by atomic mass is 79.9. The summed E-state index contributed by atoms with van der Waals surface area (Å²) in [5.41, 5.74) is 3.91. The van der Waals surface area contributed by atoms with Gasteiger partial charge in [-0.05, 0) is 48.5 Å². The predicted octanol–water partition coefficient (Wildman–Crippen LogP) is 4.42. The molecule has 0 aliphatic rings. The molecule has 0 bridgehead atoms. The summed E-state index contributed by atoms with van der Waals surface area (Å²) in [5, 5.41) is 0. The SMILES string of the molecule is CCc1cc(Br)ccc1-n1c(=S)[nH]c2ccc(OC)nc21. The van der Waals surface area contributed by atoms with Gasteiger partial charge in [-0.2, -0.15) is 4.98 Å². The molecule has 2 heterocycles. The molecule has 0 saturated heterocycles. The minimum atomic E-state index is 0.570. The maximum atomic E-state index is 5.47. The van der Waals surface area contributed by atoms with Gasteiger partial charge in [0.05, 0.1) is 18.3 Å². The fourth-order valence-corrected chi connectivity index (χ4v) is 3.06. The van der Waals surface area contributed by atoms with Crippen molar-refractivity contribution >= 4 is 39.3 Å². The smallest absolute Gasteiger partial charge is 0.215 e. The van der Waals surface area contributed by atoms with Crippen molar-refractivity contribution in [3.63, 3.8) is 0 Å². The summed E-state index contributed by atoms with van der Waals surface area (Å²) >= 11 is 8.98. The van der Waals surface area contributed by atoms with Crippen LogP contribution >= 0.6 is 28.1 Å². The van der Waals surface area contributed by atoms with Gasteiger partial charge >= 0.3 is 0 Å². The maximum absolute atomic E-state index is 5.47. The number of imidazole rings is 1. The highest BCUT2D eigenvalue weighted by Gasteiger charge is 2.12. The lowest BCUT2D eigenvalue weighted by Gasteiger charge is -2.10. The number of nitrogens with zero attached hydrogens (tertiary/aromatic N) is 2. The molecule has 1 N–H and O–H groups in total. The van der Waals surface area contributed by atoms with Crippen molar-refractivity contribution in [2.24, 2.45) is 0 Å². The third-order valence-electron chi connectivity index (χ3n) is 3.38. The molecule has 0 fully saturated rings. The molecule has 0 amide bonds. The number of benzene rings is 1. The average Bonchev–Trinajstić information content (AvgIpc) is 2.82. The molecule has 1 aromatic carbocycles.